The summed E-state index contributed by atoms with van der Waals surface area (Å²) in [5.74, 6) is -0.468. The number of methoxy groups -OCH3 is 2. The molecule has 0 radical (unpaired) electrons. The maximum absolute atomic E-state index is 11.3. The Morgan fingerprint density at radius 2 is 1.86 bits per heavy atom. The second-order valence-corrected chi connectivity index (χ2v) is 5.17. The van der Waals surface area contributed by atoms with Gasteiger partial charge in [0.1, 0.15) is 0 Å². The van der Waals surface area contributed by atoms with Crippen LogP contribution >= 0.6 is 23.4 Å². The summed E-state index contributed by atoms with van der Waals surface area (Å²) in [4.78, 5) is 20.0. The zero-order valence-corrected chi connectivity index (χ0v) is 12.7. The zero-order chi connectivity index (χ0) is 15.4. The fraction of sp³-hybridized carbons (Fsp3) is 0.154. The van der Waals surface area contributed by atoms with Gasteiger partial charge in [0.25, 0.3) is 0 Å². The van der Waals surface area contributed by atoms with E-state index in [1.165, 1.54) is 26.4 Å². The van der Waals surface area contributed by atoms with Crippen LogP contribution in [0.1, 0.15) is 10.4 Å². The summed E-state index contributed by atoms with van der Waals surface area (Å²) in [6, 6.07) is 6.34. The van der Waals surface area contributed by atoms with Crippen molar-refractivity contribution >= 4 is 29.3 Å². The van der Waals surface area contributed by atoms with Crippen molar-refractivity contribution in [3.05, 3.63) is 34.9 Å². The number of aromatic nitrogens is 2. The lowest BCUT2D eigenvalue weighted by Crippen LogP contribution is -2.01. The molecule has 0 fully saturated rings. The van der Waals surface area contributed by atoms with Crippen LogP contribution in [0.4, 0.5) is 0 Å². The molecule has 0 atom stereocenters. The van der Waals surface area contributed by atoms with Crippen molar-refractivity contribution in [2.45, 2.75) is 10.1 Å². The normalized spacial score (nSPS) is 10.2. The molecule has 21 heavy (non-hydrogen) atoms. The lowest BCUT2D eigenvalue weighted by atomic mass is 10.2. The average molecular weight is 327 g/mol. The van der Waals surface area contributed by atoms with Crippen LogP contribution in [-0.2, 0) is 0 Å². The van der Waals surface area contributed by atoms with Crippen LogP contribution in [0.2, 0.25) is 5.02 Å². The average Bonchev–Trinajstić information content (AvgIpc) is 2.46. The number of carboxylic acids is 1. The SMILES string of the molecule is COc1cc(OC)nc(Sc2cccc(Cl)c2C(=O)O)n1. The smallest absolute Gasteiger partial charge is 0.338 e. The van der Waals surface area contributed by atoms with Crippen LogP contribution in [0.25, 0.3) is 0 Å². The lowest BCUT2D eigenvalue weighted by Gasteiger charge is -2.08. The second kappa shape index (κ2) is 6.64. The molecule has 8 heteroatoms. The van der Waals surface area contributed by atoms with Crippen LogP contribution in [-0.4, -0.2) is 35.3 Å². The highest BCUT2D eigenvalue weighted by atomic mass is 35.5. The van der Waals surface area contributed by atoms with Crippen LogP contribution < -0.4 is 9.47 Å². The van der Waals surface area contributed by atoms with Gasteiger partial charge in [-0.05, 0) is 23.9 Å². The number of carboxylic acid groups (broad SMARTS) is 1. The van der Waals surface area contributed by atoms with Crippen molar-refractivity contribution in [1.29, 1.82) is 0 Å². The third kappa shape index (κ3) is 3.56. The summed E-state index contributed by atoms with van der Waals surface area (Å²) in [5.41, 5.74) is 0.00885. The van der Waals surface area contributed by atoms with E-state index in [1.54, 1.807) is 12.1 Å². The van der Waals surface area contributed by atoms with E-state index >= 15 is 0 Å². The quantitative estimate of drug-likeness (QED) is 0.846. The molecule has 0 aliphatic heterocycles. The van der Waals surface area contributed by atoms with Gasteiger partial charge < -0.3 is 14.6 Å². The van der Waals surface area contributed by atoms with Gasteiger partial charge in [0, 0.05) is 4.90 Å². The van der Waals surface area contributed by atoms with Gasteiger partial charge >= 0.3 is 5.97 Å². The fourth-order valence-corrected chi connectivity index (χ4v) is 2.76. The molecule has 1 N–H and O–H groups in total. The van der Waals surface area contributed by atoms with Crippen LogP contribution in [0.15, 0.2) is 34.3 Å². The van der Waals surface area contributed by atoms with E-state index in [9.17, 15) is 9.90 Å². The highest BCUT2D eigenvalue weighted by Gasteiger charge is 2.17. The molecule has 2 aromatic rings. The Bertz CT molecular complexity index is 659. The third-order valence-electron chi connectivity index (χ3n) is 2.47. The number of halogens is 1. The lowest BCUT2D eigenvalue weighted by molar-refractivity contribution is 0.0693. The number of hydrogen-bond donors (Lipinski definition) is 1. The minimum absolute atomic E-state index is 0.00885. The second-order valence-electron chi connectivity index (χ2n) is 3.76. The van der Waals surface area contributed by atoms with E-state index in [0.717, 1.165) is 11.8 Å². The van der Waals surface area contributed by atoms with E-state index < -0.39 is 5.97 Å². The van der Waals surface area contributed by atoms with Gasteiger partial charge in [0.2, 0.25) is 11.8 Å². The van der Waals surface area contributed by atoms with Crippen molar-refractivity contribution in [3.63, 3.8) is 0 Å². The first-order valence-electron chi connectivity index (χ1n) is 5.72. The van der Waals surface area contributed by atoms with Crippen LogP contribution in [0.3, 0.4) is 0 Å². The molecule has 0 saturated carbocycles. The van der Waals surface area contributed by atoms with Gasteiger partial charge in [-0.2, -0.15) is 9.97 Å². The number of nitrogens with zero attached hydrogens (tertiary/aromatic N) is 2. The van der Waals surface area contributed by atoms with Gasteiger partial charge in [-0.25, -0.2) is 4.79 Å². The van der Waals surface area contributed by atoms with E-state index in [4.69, 9.17) is 21.1 Å². The fourth-order valence-electron chi connectivity index (χ4n) is 1.53. The number of aromatic carboxylic acids is 1. The summed E-state index contributed by atoms with van der Waals surface area (Å²) < 4.78 is 10.1. The van der Waals surface area contributed by atoms with E-state index in [-0.39, 0.29) is 10.6 Å². The first kappa shape index (κ1) is 15.4. The Labute approximate surface area is 130 Å². The van der Waals surface area contributed by atoms with Gasteiger partial charge in [-0.3, -0.25) is 0 Å². The molecule has 0 bridgehead atoms. The number of ether oxygens (including phenoxy) is 2. The summed E-state index contributed by atoms with van der Waals surface area (Å²) >= 11 is 6.99. The first-order valence-corrected chi connectivity index (χ1v) is 6.91. The standard InChI is InChI=1S/C13H11ClN2O4S/c1-19-9-6-10(20-2)16-13(15-9)21-8-5-3-4-7(14)11(8)12(17)18/h3-6H,1-2H3,(H,17,18). The molecule has 0 unspecified atom stereocenters. The first-order chi connectivity index (χ1) is 10.0. The van der Waals surface area contributed by atoms with E-state index in [1.807, 2.05) is 0 Å². The maximum atomic E-state index is 11.3. The molecule has 6 nitrogen and oxygen atoms in total. The van der Waals surface area contributed by atoms with Crippen molar-refractivity contribution in [3.8, 4) is 11.8 Å². The van der Waals surface area contributed by atoms with Crippen molar-refractivity contribution in [1.82, 2.24) is 9.97 Å². The van der Waals surface area contributed by atoms with Gasteiger partial charge in [0.15, 0.2) is 5.16 Å². The third-order valence-corrected chi connectivity index (χ3v) is 3.71. The topological polar surface area (TPSA) is 81.5 Å². The highest BCUT2D eigenvalue weighted by Crippen LogP contribution is 2.33. The highest BCUT2D eigenvalue weighted by molar-refractivity contribution is 7.99. The number of carbonyl (C=O) groups is 1. The summed E-state index contributed by atoms with van der Waals surface area (Å²) in [6.45, 7) is 0. The molecule has 110 valence electrons. The monoisotopic (exact) mass is 326 g/mol. The minimum atomic E-state index is -1.11. The molecule has 0 spiro atoms. The Balaban J connectivity index is 2.43. The van der Waals surface area contributed by atoms with Gasteiger partial charge in [-0.15, -0.1) is 0 Å². The predicted molar refractivity (Wildman–Crippen MR) is 77.7 cm³/mol. The number of benzene rings is 1. The molecule has 2 rings (SSSR count). The number of hydrogen-bond acceptors (Lipinski definition) is 6. The molecular formula is C13H11ClN2O4S. The van der Waals surface area contributed by atoms with Crippen molar-refractivity contribution in [2.24, 2.45) is 0 Å². The van der Waals surface area contributed by atoms with Crippen molar-refractivity contribution in [2.75, 3.05) is 14.2 Å². The van der Waals surface area contributed by atoms with Crippen LogP contribution in [0, 0.1) is 0 Å². The Hall–Kier alpha value is -1.99. The van der Waals surface area contributed by atoms with Crippen molar-refractivity contribution < 1.29 is 19.4 Å². The Morgan fingerprint density at radius 1 is 1.24 bits per heavy atom. The largest absolute Gasteiger partial charge is 0.481 e. The van der Waals surface area contributed by atoms with Gasteiger partial charge in [0.05, 0.1) is 30.9 Å². The minimum Gasteiger partial charge on any atom is -0.481 e. The summed E-state index contributed by atoms with van der Waals surface area (Å²) in [7, 11) is 2.94. The molecule has 1 heterocycles. The molecule has 0 saturated heterocycles. The van der Waals surface area contributed by atoms with E-state index in [2.05, 4.69) is 9.97 Å². The maximum Gasteiger partial charge on any atom is 0.338 e. The zero-order valence-electron chi connectivity index (χ0n) is 11.2. The van der Waals surface area contributed by atoms with Crippen LogP contribution in [0.5, 0.6) is 11.8 Å². The predicted octanol–water partition coefficient (Wildman–Crippen LogP) is 3.00. The number of rotatable bonds is 5. The molecule has 1 aromatic carbocycles. The molecule has 0 aliphatic carbocycles. The molecule has 1 aromatic heterocycles. The van der Waals surface area contributed by atoms with Gasteiger partial charge in [-0.1, -0.05) is 17.7 Å². The Morgan fingerprint density at radius 3 is 2.38 bits per heavy atom. The van der Waals surface area contributed by atoms with E-state index in [0.29, 0.717) is 21.8 Å². The molecule has 0 aliphatic rings. The summed E-state index contributed by atoms with van der Waals surface area (Å²) in [5, 5.41) is 9.69. The Kier molecular flexibility index (Phi) is 4.87. The molecular weight excluding hydrogens is 316 g/mol. The molecule has 0 amide bonds. The summed E-state index contributed by atoms with van der Waals surface area (Å²) in [6.07, 6.45) is 0.